The fraction of sp³-hybridized carbons (Fsp3) is 0.737. The topological polar surface area (TPSA) is 78.9 Å². The second kappa shape index (κ2) is 51.5. The van der Waals surface area contributed by atoms with Crippen molar-refractivity contribution >= 4 is 17.9 Å². The average Bonchev–Trinajstić information content (AvgIpc) is 3.28. The lowest BCUT2D eigenvalue weighted by Crippen LogP contribution is -2.30. The van der Waals surface area contributed by atoms with Crippen LogP contribution in [-0.4, -0.2) is 37.2 Å². The van der Waals surface area contributed by atoms with Crippen LogP contribution in [0.1, 0.15) is 252 Å². The van der Waals surface area contributed by atoms with Crippen LogP contribution in [0.3, 0.4) is 0 Å². The molecular formula is C57H98O6. The Hall–Kier alpha value is -3.15. The first-order valence-corrected chi connectivity index (χ1v) is 26.4. The van der Waals surface area contributed by atoms with Crippen molar-refractivity contribution in [2.24, 2.45) is 0 Å². The van der Waals surface area contributed by atoms with Crippen molar-refractivity contribution in [1.29, 1.82) is 0 Å². The van der Waals surface area contributed by atoms with Gasteiger partial charge in [-0.25, -0.2) is 0 Å². The molecule has 0 fully saturated rings. The van der Waals surface area contributed by atoms with E-state index in [9.17, 15) is 14.4 Å². The zero-order chi connectivity index (χ0) is 45.8. The third kappa shape index (κ3) is 49.7. The number of carbonyl (C=O) groups excluding carboxylic acids is 3. The van der Waals surface area contributed by atoms with Gasteiger partial charge in [0.25, 0.3) is 0 Å². The van der Waals surface area contributed by atoms with Crippen molar-refractivity contribution in [3.8, 4) is 0 Å². The van der Waals surface area contributed by atoms with Gasteiger partial charge in [-0.15, -0.1) is 0 Å². The lowest BCUT2D eigenvalue weighted by Gasteiger charge is -2.18. The Labute approximate surface area is 389 Å². The van der Waals surface area contributed by atoms with Gasteiger partial charge < -0.3 is 14.2 Å². The van der Waals surface area contributed by atoms with Crippen molar-refractivity contribution in [3.05, 3.63) is 72.9 Å². The number of hydrogen-bond donors (Lipinski definition) is 0. The van der Waals surface area contributed by atoms with Crippen molar-refractivity contribution in [2.45, 2.75) is 258 Å². The van der Waals surface area contributed by atoms with Gasteiger partial charge in [0.05, 0.1) is 0 Å². The van der Waals surface area contributed by atoms with Crippen LogP contribution < -0.4 is 0 Å². The zero-order valence-corrected chi connectivity index (χ0v) is 41.3. The van der Waals surface area contributed by atoms with Gasteiger partial charge in [-0.3, -0.25) is 14.4 Å². The standard InChI is InChI=1S/C57H98O6/c1-4-7-10-13-16-19-22-25-26-27-28-29-30-33-35-38-41-44-47-50-56(59)62-53-54(63-57(60)51-48-45-42-39-36-32-24-21-18-15-12-9-6-3)52-61-55(58)49-46-43-40-37-34-31-23-20-17-14-11-8-5-2/h11-12,14-16,19-21,23-26,54H,4-10,13,17-18,22,27-53H2,1-3H3/b14-11-,15-12-,19-16-,23-20-,24-21-,26-25-. The molecule has 0 radical (unpaired) electrons. The smallest absolute Gasteiger partial charge is 0.306 e. The molecule has 0 spiro atoms. The molecule has 0 saturated carbocycles. The van der Waals surface area contributed by atoms with Gasteiger partial charge in [0.1, 0.15) is 13.2 Å². The van der Waals surface area contributed by atoms with Crippen LogP contribution in [0.5, 0.6) is 0 Å². The summed E-state index contributed by atoms with van der Waals surface area (Å²) in [6.07, 6.45) is 64.5. The van der Waals surface area contributed by atoms with E-state index in [1.54, 1.807) is 0 Å². The highest BCUT2D eigenvalue weighted by atomic mass is 16.6. The number of hydrogen-bond acceptors (Lipinski definition) is 6. The molecule has 0 bridgehead atoms. The summed E-state index contributed by atoms with van der Waals surface area (Å²) in [5.74, 6) is -0.919. The quantitative estimate of drug-likeness (QED) is 0.0262. The van der Waals surface area contributed by atoms with E-state index >= 15 is 0 Å². The molecule has 0 aliphatic rings. The Bertz CT molecular complexity index is 1190. The van der Waals surface area contributed by atoms with Crippen LogP contribution >= 0.6 is 0 Å². The molecule has 6 heteroatoms. The van der Waals surface area contributed by atoms with E-state index in [-0.39, 0.29) is 31.1 Å². The number of carbonyl (C=O) groups is 3. The maximum absolute atomic E-state index is 12.8. The first-order chi connectivity index (χ1) is 31.0. The molecule has 0 aromatic heterocycles. The fourth-order valence-corrected chi connectivity index (χ4v) is 7.14. The van der Waals surface area contributed by atoms with Gasteiger partial charge in [0.2, 0.25) is 0 Å². The highest BCUT2D eigenvalue weighted by Gasteiger charge is 2.19. The van der Waals surface area contributed by atoms with Crippen molar-refractivity contribution < 1.29 is 28.6 Å². The monoisotopic (exact) mass is 879 g/mol. The first-order valence-electron chi connectivity index (χ1n) is 26.4. The summed E-state index contributed by atoms with van der Waals surface area (Å²) in [5.41, 5.74) is 0. The summed E-state index contributed by atoms with van der Waals surface area (Å²) < 4.78 is 16.8. The maximum Gasteiger partial charge on any atom is 0.306 e. The van der Waals surface area contributed by atoms with E-state index in [1.165, 1.54) is 83.5 Å². The lowest BCUT2D eigenvalue weighted by molar-refractivity contribution is -0.167. The molecule has 0 rings (SSSR count). The molecule has 0 aromatic carbocycles. The molecule has 0 N–H and O–H groups in total. The van der Waals surface area contributed by atoms with Gasteiger partial charge in [-0.1, -0.05) is 203 Å². The normalized spacial score (nSPS) is 12.6. The van der Waals surface area contributed by atoms with E-state index in [1.807, 2.05) is 0 Å². The SMILES string of the molecule is CCC/C=C\C/C=C\CCCCCCCC(=O)OCC(COC(=O)CCCCCCCCCCC/C=C\C/C=C\CCCCC)OC(=O)CCCCCCC/C=C\C/C=C\CCC. The van der Waals surface area contributed by atoms with Crippen LogP contribution in [-0.2, 0) is 28.6 Å². The maximum atomic E-state index is 12.8. The molecule has 0 heterocycles. The van der Waals surface area contributed by atoms with Crippen LogP contribution in [0.15, 0.2) is 72.9 Å². The Morgan fingerprint density at radius 2 is 0.603 bits per heavy atom. The predicted octanol–water partition coefficient (Wildman–Crippen LogP) is 17.4. The Balaban J connectivity index is 4.38. The Morgan fingerprint density at radius 3 is 0.937 bits per heavy atom. The Kier molecular flexibility index (Phi) is 48.9. The van der Waals surface area contributed by atoms with E-state index in [0.29, 0.717) is 19.3 Å². The molecule has 1 atom stereocenters. The molecule has 0 saturated heterocycles. The highest BCUT2D eigenvalue weighted by Crippen LogP contribution is 2.14. The molecule has 0 aromatic rings. The van der Waals surface area contributed by atoms with E-state index in [4.69, 9.17) is 14.2 Å². The second-order valence-electron chi connectivity index (χ2n) is 17.4. The number of rotatable bonds is 47. The fourth-order valence-electron chi connectivity index (χ4n) is 7.14. The first kappa shape index (κ1) is 59.9. The number of esters is 3. The van der Waals surface area contributed by atoms with Crippen molar-refractivity contribution in [1.82, 2.24) is 0 Å². The molecule has 0 aliphatic heterocycles. The van der Waals surface area contributed by atoms with E-state index in [0.717, 1.165) is 128 Å². The van der Waals surface area contributed by atoms with E-state index < -0.39 is 6.10 Å². The van der Waals surface area contributed by atoms with Gasteiger partial charge in [-0.2, -0.15) is 0 Å². The van der Waals surface area contributed by atoms with Gasteiger partial charge in [0, 0.05) is 19.3 Å². The van der Waals surface area contributed by atoms with Crippen LogP contribution in [0, 0.1) is 0 Å². The second-order valence-corrected chi connectivity index (χ2v) is 17.4. The molecule has 0 aliphatic carbocycles. The summed E-state index contributed by atoms with van der Waals surface area (Å²) in [5, 5.41) is 0. The predicted molar refractivity (Wildman–Crippen MR) is 270 cm³/mol. The molecule has 362 valence electrons. The summed E-state index contributed by atoms with van der Waals surface area (Å²) in [4.78, 5) is 38.0. The zero-order valence-electron chi connectivity index (χ0n) is 41.3. The number of ether oxygens (including phenoxy) is 3. The summed E-state index contributed by atoms with van der Waals surface area (Å²) in [6, 6.07) is 0. The largest absolute Gasteiger partial charge is 0.462 e. The third-order valence-corrected chi connectivity index (χ3v) is 11.1. The Morgan fingerprint density at radius 1 is 0.317 bits per heavy atom. The van der Waals surface area contributed by atoms with Crippen molar-refractivity contribution in [2.75, 3.05) is 13.2 Å². The van der Waals surface area contributed by atoms with Crippen LogP contribution in [0.4, 0.5) is 0 Å². The van der Waals surface area contributed by atoms with E-state index in [2.05, 4.69) is 93.7 Å². The summed E-state index contributed by atoms with van der Waals surface area (Å²) in [6.45, 7) is 6.46. The minimum absolute atomic E-state index is 0.0881. The molecular weight excluding hydrogens is 781 g/mol. The minimum atomic E-state index is -0.789. The lowest BCUT2D eigenvalue weighted by atomic mass is 10.1. The van der Waals surface area contributed by atoms with Crippen LogP contribution in [0.25, 0.3) is 0 Å². The highest BCUT2D eigenvalue weighted by molar-refractivity contribution is 5.71. The summed E-state index contributed by atoms with van der Waals surface area (Å²) in [7, 11) is 0. The van der Waals surface area contributed by atoms with Crippen molar-refractivity contribution in [3.63, 3.8) is 0 Å². The molecule has 0 amide bonds. The average molecular weight is 879 g/mol. The molecule has 6 nitrogen and oxygen atoms in total. The molecule has 1 unspecified atom stereocenters. The van der Waals surface area contributed by atoms with Gasteiger partial charge >= 0.3 is 17.9 Å². The molecule has 63 heavy (non-hydrogen) atoms. The summed E-state index contributed by atoms with van der Waals surface area (Å²) >= 11 is 0. The minimum Gasteiger partial charge on any atom is -0.462 e. The third-order valence-electron chi connectivity index (χ3n) is 11.1. The van der Waals surface area contributed by atoms with Gasteiger partial charge in [-0.05, 0) is 103 Å². The van der Waals surface area contributed by atoms with Gasteiger partial charge in [0.15, 0.2) is 6.10 Å². The number of unbranched alkanes of at least 4 members (excludes halogenated alkanes) is 24. The van der Waals surface area contributed by atoms with Crippen LogP contribution in [0.2, 0.25) is 0 Å². The number of allylic oxidation sites excluding steroid dienone is 12.